The van der Waals surface area contributed by atoms with Gasteiger partial charge in [-0.15, -0.1) is 0 Å². The maximum atomic E-state index is 10.9. The minimum atomic E-state index is 0.196. The van der Waals surface area contributed by atoms with Gasteiger partial charge < -0.3 is 0 Å². The van der Waals surface area contributed by atoms with Crippen molar-refractivity contribution in [3.05, 3.63) is 0 Å². The van der Waals surface area contributed by atoms with E-state index in [4.69, 9.17) is 0 Å². The van der Waals surface area contributed by atoms with Crippen molar-refractivity contribution < 1.29 is 4.79 Å². The summed E-state index contributed by atoms with van der Waals surface area (Å²) in [7, 11) is 3.97. The number of hydrogen-bond acceptors (Lipinski definition) is 2. The van der Waals surface area contributed by atoms with Crippen LogP contribution in [0.1, 0.15) is 13.8 Å². The topological polar surface area (TPSA) is 20.3 Å². The first-order valence-corrected chi connectivity index (χ1v) is 6.03. The van der Waals surface area contributed by atoms with Gasteiger partial charge in [0.15, 0.2) is 0 Å². The van der Waals surface area contributed by atoms with Crippen LogP contribution in [0.2, 0.25) is 4.82 Å². The Hall–Kier alpha value is 0.379. The number of Topliss-reactive ketones (excluding diaryl/α,β-unsaturated/α-hetero) is 1. The molecule has 2 nitrogen and oxygen atoms in total. The summed E-state index contributed by atoms with van der Waals surface area (Å²) in [5, 5.41) is 0. The van der Waals surface area contributed by atoms with Gasteiger partial charge in [0.05, 0.1) is 0 Å². The summed E-state index contributed by atoms with van der Waals surface area (Å²) in [4.78, 5) is 13.1. The molecule has 1 atom stereocenters. The van der Waals surface area contributed by atoms with E-state index in [1.807, 2.05) is 25.9 Å². The summed E-state index contributed by atoms with van der Waals surface area (Å²) in [6.45, 7) is 3.62. The molecule has 0 N–H and O–H groups in total. The molecular formula is C7H13NOSe2. The standard InChI is InChI=1S/C7H13NOSe2/c1-5(9)6(2)11-7(10)8(3)4/h6H,1-4H3. The number of hydrogen-bond donors (Lipinski definition) is 0. The Labute approximate surface area is 82.2 Å². The van der Waals surface area contributed by atoms with Crippen LogP contribution >= 0.6 is 0 Å². The second kappa shape index (κ2) is 5.10. The van der Waals surface area contributed by atoms with Crippen LogP contribution in [-0.2, 0) is 4.79 Å². The molecule has 0 saturated carbocycles. The Morgan fingerprint density at radius 3 is 2.27 bits per heavy atom. The molecule has 4 heteroatoms. The third-order valence-corrected chi connectivity index (χ3v) is 5.66. The van der Waals surface area contributed by atoms with Crippen molar-refractivity contribution in [1.82, 2.24) is 4.90 Å². The molecular weight excluding hydrogens is 272 g/mol. The maximum absolute atomic E-state index is 10.9. The molecule has 64 valence electrons. The van der Waals surface area contributed by atoms with E-state index in [9.17, 15) is 4.79 Å². The average molecular weight is 285 g/mol. The number of nitrogens with zero attached hydrogens (tertiary/aromatic N) is 1. The molecule has 0 aromatic rings. The summed E-state index contributed by atoms with van der Waals surface area (Å²) < 4.78 is 1.19. The molecule has 0 aromatic heterocycles. The molecule has 0 amide bonds. The average Bonchev–Trinajstić information content (AvgIpc) is 1.87. The first-order valence-electron chi connectivity index (χ1n) is 3.33. The van der Waals surface area contributed by atoms with E-state index in [2.05, 4.69) is 15.6 Å². The van der Waals surface area contributed by atoms with Gasteiger partial charge in [0.25, 0.3) is 0 Å². The normalized spacial score (nSPS) is 12.4. The molecule has 0 heterocycles. The molecule has 11 heavy (non-hydrogen) atoms. The zero-order valence-corrected chi connectivity index (χ0v) is 10.7. The van der Waals surface area contributed by atoms with E-state index < -0.39 is 0 Å². The van der Waals surface area contributed by atoms with Crippen molar-refractivity contribution in [3.63, 3.8) is 0 Å². The van der Waals surface area contributed by atoms with Crippen LogP contribution in [0.15, 0.2) is 0 Å². The predicted octanol–water partition coefficient (Wildman–Crippen LogP) is -0.0945. The van der Waals surface area contributed by atoms with Crippen molar-refractivity contribution in [2.45, 2.75) is 18.7 Å². The van der Waals surface area contributed by atoms with Crippen LogP contribution in [0.3, 0.4) is 0 Å². The van der Waals surface area contributed by atoms with Gasteiger partial charge in [-0.25, -0.2) is 0 Å². The van der Waals surface area contributed by atoms with Crippen LogP contribution < -0.4 is 0 Å². The predicted molar refractivity (Wildman–Crippen MR) is 50.3 cm³/mol. The fourth-order valence-electron chi connectivity index (χ4n) is 0.340. The number of carbonyl (C=O) groups is 1. The first kappa shape index (κ1) is 11.4. The van der Waals surface area contributed by atoms with Gasteiger partial charge in [-0.05, 0) is 0 Å². The van der Waals surface area contributed by atoms with E-state index in [1.54, 1.807) is 6.92 Å². The third kappa shape index (κ3) is 4.76. The Kier molecular flexibility index (Phi) is 5.28. The molecule has 0 spiro atoms. The number of ketones is 1. The van der Waals surface area contributed by atoms with Crippen molar-refractivity contribution in [3.8, 4) is 0 Å². The van der Waals surface area contributed by atoms with E-state index in [1.165, 1.54) is 3.44 Å². The fraction of sp³-hybridized carbons (Fsp3) is 0.714. The number of rotatable bonds is 4. The molecule has 0 aliphatic rings. The molecule has 0 fully saturated rings. The molecule has 1 unspecified atom stereocenters. The van der Waals surface area contributed by atoms with Gasteiger partial charge in [0.2, 0.25) is 0 Å². The fourth-order valence-corrected chi connectivity index (χ4v) is 3.34. The molecule has 0 radical (unpaired) electrons. The summed E-state index contributed by atoms with van der Waals surface area (Å²) in [5.41, 5.74) is 0. The van der Waals surface area contributed by atoms with Gasteiger partial charge in [0, 0.05) is 0 Å². The Morgan fingerprint density at radius 1 is 1.55 bits per heavy atom. The zero-order chi connectivity index (χ0) is 9.02. The Bertz CT molecular complexity index is 168. The summed E-state index contributed by atoms with van der Waals surface area (Å²) in [6, 6.07) is 0. The van der Waals surface area contributed by atoms with Crippen molar-refractivity contribution >= 4 is 39.8 Å². The third-order valence-electron chi connectivity index (χ3n) is 1.22. The Balaban J connectivity index is 3.85. The number of carbonyl (C=O) groups excluding carboxylic acids is 1. The van der Waals surface area contributed by atoms with Crippen molar-refractivity contribution in [2.24, 2.45) is 0 Å². The minimum absolute atomic E-state index is 0.196. The van der Waals surface area contributed by atoms with Crippen LogP contribution in [0.25, 0.3) is 0 Å². The second-order valence-corrected chi connectivity index (χ2v) is 7.44. The van der Waals surface area contributed by atoms with Crippen LogP contribution in [0, 0.1) is 0 Å². The van der Waals surface area contributed by atoms with Gasteiger partial charge in [-0.3, -0.25) is 0 Å². The van der Waals surface area contributed by atoms with Crippen molar-refractivity contribution in [1.29, 1.82) is 0 Å². The summed E-state index contributed by atoms with van der Waals surface area (Å²) in [6.07, 6.45) is 0. The molecule has 0 rings (SSSR count). The zero-order valence-electron chi connectivity index (χ0n) is 7.25. The SMILES string of the molecule is CC(=O)C(C)[Se]C(=[Se])N(C)C. The molecule has 0 aliphatic carbocycles. The van der Waals surface area contributed by atoms with E-state index >= 15 is 0 Å². The Morgan fingerprint density at radius 2 is 2.00 bits per heavy atom. The molecule has 0 saturated heterocycles. The second-order valence-electron chi connectivity index (χ2n) is 2.53. The van der Waals surface area contributed by atoms with Gasteiger partial charge in [0.1, 0.15) is 0 Å². The van der Waals surface area contributed by atoms with Crippen LogP contribution in [-0.4, -0.2) is 58.8 Å². The van der Waals surface area contributed by atoms with Crippen LogP contribution in [0.5, 0.6) is 0 Å². The van der Waals surface area contributed by atoms with Gasteiger partial charge in [-0.2, -0.15) is 0 Å². The summed E-state index contributed by atoms with van der Waals surface area (Å²) in [5.74, 6) is 0.277. The van der Waals surface area contributed by atoms with E-state index in [-0.39, 0.29) is 25.6 Å². The van der Waals surface area contributed by atoms with Gasteiger partial charge >= 0.3 is 82.2 Å². The molecule has 0 bridgehead atoms. The molecule has 0 aromatic carbocycles. The first-order chi connectivity index (χ1) is 4.95. The van der Waals surface area contributed by atoms with E-state index in [0.29, 0.717) is 0 Å². The summed E-state index contributed by atoms with van der Waals surface area (Å²) >= 11 is 3.25. The van der Waals surface area contributed by atoms with Crippen molar-refractivity contribution in [2.75, 3.05) is 14.1 Å². The van der Waals surface area contributed by atoms with E-state index in [0.717, 1.165) is 0 Å². The van der Waals surface area contributed by atoms with Crippen LogP contribution in [0.4, 0.5) is 0 Å². The quantitative estimate of drug-likeness (QED) is 0.673. The monoisotopic (exact) mass is 287 g/mol. The molecule has 0 aliphatic heterocycles. The van der Waals surface area contributed by atoms with Gasteiger partial charge in [-0.1, -0.05) is 0 Å².